The molecule has 0 saturated carbocycles. The summed E-state index contributed by atoms with van der Waals surface area (Å²) in [6.45, 7) is -0.108. The van der Waals surface area contributed by atoms with Crippen molar-refractivity contribution in [2.24, 2.45) is 0 Å². The molecule has 2 atom stereocenters. The summed E-state index contributed by atoms with van der Waals surface area (Å²) in [5.74, 6) is -2.16. The summed E-state index contributed by atoms with van der Waals surface area (Å²) in [6.07, 6.45) is -5.32. The van der Waals surface area contributed by atoms with Crippen molar-refractivity contribution in [3.8, 4) is 5.75 Å². The van der Waals surface area contributed by atoms with Crippen LogP contribution in [0.15, 0.2) is 48.5 Å². The fourth-order valence-corrected chi connectivity index (χ4v) is 3.18. The standard InChI is InChI=1S/C20H17F4NO4/c1-28-19(27)16-10-14(29-17-8-3-2-7-15(17)21)11-25(16)18(26)12-5-4-6-13(9-12)20(22,23)24/h2-9,14,16H,10-11H2,1H3. The summed E-state index contributed by atoms with van der Waals surface area (Å²) in [6, 6.07) is 8.52. The molecule has 0 aliphatic carbocycles. The number of hydrogen-bond donors (Lipinski definition) is 0. The number of esters is 1. The van der Waals surface area contributed by atoms with Gasteiger partial charge in [0.2, 0.25) is 0 Å². The normalized spacial score (nSPS) is 19.1. The predicted octanol–water partition coefficient (Wildman–Crippen LogP) is 3.68. The summed E-state index contributed by atoms with van der Waals surface area (Å²) in [4.78, 5) is 26.1. The maximum Gasteiger partial charge on any atom is 0.416 e. The van der Waals surface area contributed by atoms with Gasteiger partial charge in [-0.2, -0.15) is 13.2 Å². The third-order valence-electron chi connectivity index (χ3n) is 4.56. The Bertz CT molecular complexity index is 915. The summed E-state index contributed by atoms with van der Waals surface area (Å²) in [7, 11) is 1.14. The second kappa shape index (κ2) is 8.10. The highest BCUT2D eigenvalue weighted by Crippen LogP contribution is 2.31. The Morgan fingerprint density at radius 3 is 2.48 bits per heavy atom. The van der Waals surface area contributed by atoms with Crippen molar-refractivity contribution in [3.05, 3.63) is 65.5 Å². The number of rotatable bonds is 4. The number of carbonyl (C=O) groups is 2. The van der Waals surface area contributed by atoms with Gasteiger partial charge in [0.1, 0.15) is 12.1 Å². The molecule has 2 aromatic rings. The molecular weight excluding hydrogens is 394 g/mol. The lowest BCUT2D eigenvalue weighted by molar-refractivity contribution is -0.145. The zero-order valence-electron chi connectivity index (χ0n) is 15.3. The zero-order chi connectivity index (χ0) is 21.2. The Morgan fingerprint density at radius 2 is 1.83 bits per heavy atom. The van der Waals surface area contributed by atoms with E-state index in [1.165, 1.54) is 24.3 Å². The number of benzene rings is 2. The van der Waals surface area contributed by atoms with Crippen LogP contribution in [0.5, 0.6) is 5.75 Å². The van der Waals surface area contributed by atoms with E-state index in [0.717, 1.165) is 30.2 Å². The van der Waals surface area contributed by atoms with E-state index >= 15 is 0 Å². The molecule has 154 valence electrons. The van der Waals surface area contributed by atoms with Crippen LogP contribution in [0.4, 0.5) is 17.6 Å². The molecule has 5 nitrogen and oxygen atoms in total. The minimum absolute atomic E-state index is 0.0196. The molecule has 2 aromatic carbocycles. The van der Waals surface area contributed by atoms with Gasteiger partial charge in [-0.1, -0.05) is 18.2 Å². The van der Waals surface area contributed by atoms with Gasteiger partial charge in [0, 0.05) is 12.0 Å². The Morgan fingerprint density at radius 1 is 1.10 bits per heavy atom. The summed E-state index contributed by atoms with van der Waals surface area (Å²) in [5.41, 5.74) is -1.20. The number of halogens is 4. The van der Waals surface area contributed by atoms with Crippen LogP contribution in [0.25, 0.3) is 0 Å². The number of likely N-dealkylation sites (tertiary alicyclic amines) is 1. The maximum atomic E-state index is 13.8. The van der Waals surface area contributed by atoms with Gasteiger partial charge >= 0.3 is 12.1 Å². The Hall–Kier alpha value is -3.10. The van der Waals surface area contributed by atoms with E-state index in [4.69, 9.17) is 9.47 Å². The lowest BCUT2D eigenvalue weighted by atomic mass is 10.1. The van der Waals surface area contributed by atoms with E-state index < -0.39 is 41.6 Å². The van der Waals surface area contributed by atoms with Gasteiger partial charge in [-0.15, -0.1) is 0 Å². The van der Waals surface area contributed by atoms with Gasteiger partial charge in [0.25, 0.3) is 5.91 Å². The first-order valence-corrected chi connectivity index (χ1v) is 8.68. The third-order valence-corrected chi connectivity index (χ3v) is 4.56. The molecule has 1 saturated heterocycles. The molecule has 0 aromatic heterocycles. The van der Waals surface area contributed by atoms with Gasteiger partial charge in [0.15, 0.2) is 11.6 Å². The van der Waals surface area contributed by atoms with E-state index in [1.54, 1.807) is 6.07 Å². The SMILES string of the molecule is COC(=O)C1CC(Oc2ccccc2F)CN1C(=O)c1cccc(C(F)(F)F)c1. The molecule has 3 rings (SSSR count). The Balaban J connectivity index is 1.85. The smallest absolute Gasteiger partial charge is 0.416 e. The molecule has 1 fully saturated rings. The molecule has 9 heteroatoms. The van der Waals surface area contributed by atoms with Crippen LogP contribution < -0.4 is 4.74 Å². The summed E-state index contributed by atoms with van der Waals surface area (Å²) in [5, 5.41) is 0. The molecule has 0 spiro atoms. The molecule has 1 amide bonds. The number of alkyl halides is 3. The second-order valence-corrected chi connectivity index (χ2v) is 6.48. The highest BCUT2D eigenvalue weighted by Gasteiger charge is 2.42. The molecular formula is C20H17F4NO4. The van der Waals surface area contributed by atoms with Crippen molar-refractivity contribution in [1.82, 2.24) is 4.90 Å². The van der Waals surface area contributed by atoms with E-state index in [9.17, 15) is 27.2 Å². The van der Waals surface area contributed by atoms with Crippen LogP contribution in [0.1, 0.15) is 22.3 Å². The summed E-state index contributed by atoms with van der Waals surface area (Å²) < 4.78 is 63.0. The fraction of sp³-hybridized carbons (Fsp3) is 0.300. The first-order valence-electron chi connectivity index (χ1n) is 8.68. The van der Waals surface area contributed by atoms with E-state index in [1.807, 2.05) is 0 Å². The summed E-state index contributed by atoms with van der Waals surface area (Å²) >= 11 is 0. The number of para-hydroxylation sites is 1. The average molecular weight is 411 g/mol. The van der Waals surface area contributed by atoms with E-state index in [-0.39, 0.29) is 24.3 Å². The van der Waals surface area contributed by atoms with Crippen molar-refractivity contribution in [2.75, 3.05) is 13.7 Å². The van der Waals surface area contributed by atoms with Crippen LogP contribution in [-0.2, 0) is 15.7 Å². The van der Waals surface area contributed by atoms with Crippen molar-refractivity contribution in [2.45, 2.75) is 24.7 Å². The molecule has 2 unspecified atom stereocenters. The number of ether oxygens (including phenoxy) is 2. The molecule has 0 bridgehead atoms. The van der Waals surface area contributed by atoms with Crippen LogP contribution in [0.2, 0.25) is 0 Å². The van der Waals surface area contributed by atoms with Gasteiger partial charge in [-0.05, 0) is 30.3 Å². The predicted molar refractivity (Wildman–Crippen MR) is 93.7 cm³/mol. The number of amides is 1. The lowest BCUT2D eigenvalue weighted by Crippen LogP contribution is -2.41. The molecule has 29 heavy (non-hydrogen) atoms. The van der Waals surface area contributed by atoms with Gasteiger partial charge in [0.05, 0.1) is 19.2 Å². The van der Waals surface area contributed by atoms with Crippen molar-refractivity contribution >= 4 is 11.9 Å². The number of hydrogen-bond acceptors (Lipinski definition) is 4. The minimum Gasteiger partial charge on any atom is -0.485 e. The lowest BCUT2D eigenvalue weighted by Gasteiger charge is -2.22. The topological polar surface area (TPSA) is 55.8 Å². The molecule has 1 heterocycles. The largest absolute Gasteiger partial charge is 0.485 e. The Labute approximate surface area is 163 Å². The fourth-order valence-electron chi connectivity index (χ4n) is 3.18. The van der Waals surface area contributed by atoms with Gasteiger partial charge in [-0.25, -0.2) is 9.18 Å². The van der Waals surface area contributed by atoms with E-state index in [2.05, 4.69) is 0 Å². The highest BCUT2D eigenvalue weighted by molar-refractivity contribution is 5.97. The van der Waals surface area contributed by atoms with Gasteiger partial charge < -0.3 is 14.4 Å². The molecule has 1 aliphatic rings. The highest BCUT2D eigenvalue weighted by atomic mass is 19.4. The van der Waals surface area contributed by atoms with Crippen LogP contribution in [0.3, 0.4) is 0 Å². The number of methoxy groups -OCH3 is 1. The quantitative estimate of drug-likeness (QED) is 0.569. The maximum absolute atomic E-state index is 13.8. The third kappa shape index (κ3) is 4.49. The van der Waals surface area contributed by atoms with E-state index in [0.29, 0.717) is 0 Å². The first kappa shape index (κ1) is 20.6. The van der Waals surface area contributed by atoms with Crippen LogP contribution in [0, 0.1) is 5.82 Å². The molecule has 0 radical (unpaired) electrons. The van der Waals surface area contributed by atoms with Crippen molar-refractivity contribution < 1.29 is 36.6 Å². The Kier molecular flexibility index (Phi) is 5.76. The number of nitrogens with zero attached hydrogens (tertiary/aromatic N) is 1. The van der Waals surface area contributed by atoms with Crippen LogP contribution in [-0.4, -0.2) is 42.6 Å². The minimum atomic E-state index is -4.61. The zero-order valence-corrected chi connectivity index (χ0v) is 15.3. The average Bonchev–Trinajstić information content (AvgIpc) is 3.12. The van der Waals surface area contributed by atoms with Crippen molar-refractivity contribution in [3.63, 3.8) is 0 Å². The van der Waals surface area contributed by atoms with Crippen LogP contribution >= 0.6 is 0 Å². The second-order valence-electron chi connectivity index (χ2n) is 6.48. The van der Waals surface area contributed by atoms with Gasteiger partial charge in [-0.3, -0.25) is 4.79 Å². The molecule has 1 aliphatic heterocycles. The molecule has 0 N–H and O–H groups in total. The number of carbonyl (C=O) groups excluding carboxylic acids is 2. The van der Waals surface area contributed by atoms with Crippen molar-refractivity contribution in [1.29, 1.82) is 0 Å². The first-order chi connectivity index (χ1) is 13.7. The monoisotopic (exact) mass is 411 g/mol.